The number of hydrogen-bond acceptors (Lipinski definition) is 4. The van der Waals surface area contributed by atoms with Crippen molar-refractivity contribution in [3.8, 4) is 5.69 Å². The predicted molar refractivity (Wildman–Crippen MR) is 148 cm³/mol. The third-order valence-electron chi connectivity index (χ3n) is 6.00. The van der Waals surface area contributed by atoms with Gasteiger partial charge < -0.3 is 4.57 Å². The number of sulfonamides is 1. The minimum Gasteiger partial charge on any atom is -0.315 e. The van der Waals surface area contributed by atoms with E-state index >= 15 is 0 Å². The molecule has 1 heterocycles. The first-order chi connectivity index (χ1) is 18.1. The molecule has 4 rings (SSSR count). The van der Waals surface area contributed by atoms with E-state index in [-0.39, 0.29) is 10.7 Å². The summed E-state index contributed by atoms with van der Waals surface area (Å²) in [6.07, 6.45) is 1.45. The Hall–Kier alpha value is -3.95. The summed E-state index contributed by atoms with van der Waals surface area (Å²) in [4.78, 5) is 12.9. The molecule has 0 aliphatic carbocycles. The third kappa shape index (κ3) is 5.64. The van der Waals surface area contributed by atoms with Crippen LogP contribution >= 0.6 is 11.6 Å². The van der Waals surface area contributed by atoms with E-state index in [1.807, 2.05) is 19.9 Å². The zero-order valence-corrected chi connectivity index (χ0v) is 22.6. The SMILES string of the molecule is Cc1cc(Cl)ccc1N(CC(=O)N/N=C\c1cc(C)n(-c2ccccc2F)c1C)S(=O)(=O)c1ccccc1. The topological polar surface area (TPSA) is 83.8 Å². The van der Waals surface area contributed by atoms with Crippen LogP contribution < -0.4 is 9.73 Å². The minimum atomic E-state index is -4.07. The Balaban J connectivity index is 1.58. The molecule has 0 unspecified atom stereocenters. The van der Waals surface area contributed by atoms with Crippen LogP contribution in [0.5, 0.6) is 0 Å². The first-order valence-corrected chi connectivity index (χ1v) is 13.5. The van der Waals surface area contributed by atoms with Crippen LogP contribution in [-0.2, 0) is 14.8 Å². The van der Waals surface area contributed by atoms with E-state index in [0.717, 1.165) is 15.7 Å². The second-order valence-electron chi connectivity index (χ2n) is 8.66. The Bertz CT molecular complexity index is 1620. The molecule has 0 aliphatic rings. The van der Waals surface area contributed by atoms with Crippen LogP contribution in [0.15, 0.2) is 88.9 Å². The van der Waals surface area contributed by atoms with Gasteiger partial charge in [-0.2, -0.15) is 5.10 Å². The van der Waals surface area contributed by atoms with Crippen molar-refractivity contribution in [2.24, 2.45) is 5.10 Å². The second kappa shape index (κ2) is 11.2. The van der Waals surface area contributed by atoms with Gasteiger partial charge in [-0.15, -0.1) is 0 Å². The van der Waals surface area contributed by atoms with E-state index in [4.69, 9.17) is 11.6 Å². The summed E-state index contributed by atoms with van der Waals surface area (Å²) < 4.78 is 44.1. The van der Waals surface area contributed by atoms with Gasteiger partial charge in [0.2, 0.25) is 0 Å². The fourth-order valence-corrected chi connectivity index (χ4v) is 5.91. The first-order valence-electron chi connectivity index (χ1n) is 11.7. The molecule has 196 valence electrons. The average Bonchev–Trinajstić information content (AvgIpc) is 3.16. The van der Waals surface area contributed by atoms with Crippen molar-refractivity contribution in [2.45, 2.75) is 25.7 Å². The molecule has 4 aromatic rings. The molecule has 3 aromatic carbocycles. The molecule has 0 saturated heterocycles. The summed E-state index contributed by atoms with van der Waals surface area (Å²) in [6.45, 7) is 4.87. The number of aromatic nitrogens is 1. The van der Waals surface area contributed by atoms with Crippen LogP contribution in [0.4, 0.5) is 10.1 Å². The molecule has 10 heteroatoms. The molecule has 0 aliphatic heterocycles. The number of rotatable bonds is 8. The number of halogens is 2. The summed E-state index contributed by atoms with van der Waals surface area (Å²) >= 11 is 6.07. The van der Waals surface area contributed by atoms with Gasteiger partial charge in [0, 0.05) is 22.0 Å². The van der Waals surface area contributed by atoms with Crippen LogP contribution in [0.2, 0.25) is 5.02 Å². The van der Waals surface area contributed by atoms with Crippen molar-refractivity contribution in [1.29, 1.82) is 0 Å². The van der Waals surface area contributed by atoms with E-state index in [1.165, 1.54) is 24.4 Å². The summed E-state index contributed by atoms with van der Waals surface area (Å²) in [5.74, 6) is -0.999. The van der Waals surface area contributed by atoms with Gasteiger partial charge in [-0.1, -0.05) is 41.9 Å². The Morgan fingerprint density at radius 3 is 2.39 bits per heavy atom. The van der Waals surface area contributed by atoms with Gasteiger partial charge in [0.1, 0.15) is 12.4 Å². The number of nitrogens with zero attached hydrogens (tertiary/aromatic N) is 3. The van der Waals surface area contributed by atoms with E-state index in [0.29, 0.717) is 27.5 Å². The van der Waals surface area contributed by atoms with Crippen molar-refractivity contribution in [3.05, 3.63) is 112 Å². The molecular formula is C28H26ClFN4O3S. The number of hydrazone groups is 1. The van der Waals surface area contributed by atoms with Crippen LogP contribution in [0.3, 0.4) is 0 Å². The fraction of sp³-hybridized carbons (Fsp3) is 0.143. The number of anilines is 1. The molecule has 0 saturated carbocycles. The number of carbonyl (C=O) groups excluding carboxylic acids is 1. The van der Waals surface area contributed by atoms with Crippen LogP contribution in [0.1, 0.15) is 22.5 Å². The van der Waals surface area contributed by atoms with E-state index in [2.05, 4.69) is 10.5 Å². The summed E-state index contributed by atoms with van der Waals surface area (Å²) in [5.41, 5.74) is 5.93. The van der Waals surface area contributed by atoms with Crippen molar-refractivity contribution in [1.82, 2.24) is 9.99 Å². The lowest BCUT2D eigenvalue weighted by Gasteiger charge is -2.25. The fourth-order valence-electron chi connectivity index (χ4n) is 4.18. The highest BCUT2D eigenvalue weighted by molar-refractivity contribution is 7.92. The lowest BCUT2D eigenvalue weighted by atomic mass is 10.2. The maximum atomic E-state index is 14.4. The van der Waals surface area contributed by atoms with Gasteiger partial charge in [-0.05, 0) is 74.9 Å². The number of amides is 1. The Labute approximate surface area is 226 Å². The van der Waals surface area contributed by atoms with Gasteiger partial charge in [0.15, 0.2) is 0 Å². The number of aryl methyl sites for hydroxylation is 2. The molecular weight excluding hydrogens is 527 g/mol. The average molecular weight is 553 g/mol. The maximum Gasteiger partial charge on any atom is 0.264 e. The summed E-state index contributed by atoms with van der Waals surface area (Å²) in [6, 6.07) is 20.9. The molecule has 38 heavy (non-hydrogen) atoms. The van der Waals surface area contributed by atoms with Gasteiger partial charge in [-0.3, -0.25) is 9.10 Å². The monoisotopic (exact) mass is 552 g/mol. The number of para-hydroxylation sites is 1. The number of hydrogen-bond donors (Lipinski definition) is 1. The number of nitrogens with one attached hydrogen (secondary N) is 1. The largest absolute Gasteiger partial charge is 0.315 e. The van der Waals surface area contributed by atoms with E-state index < -0.39 is 22.5 Å². The number of benzene rings is 3. The van der Waals surface area contributed by atoms with Gasteiger partial charge in [-0.25, -0.2) is 18.2 Å². The summed E-state index contributed by atoms with van der Waals surface area (Å²) in [7, 11) is -4.07. The zero-order valence-electron chi connectivity index (χ0n) is 21.0. The highest BCUT2D eigenvalue weighted by Crippen LogP contribution is 2.29. The van der Waals surface area contributed by atoms with Crippen molar-refractivity contribution in [3.63, 3.8) is 0 Å². The summed E-state index contributed by atoms with van der Waals surface area (Å²) in [5, 5.41) is 4.49. The smallest absolute Gasteiger partial charge is 0.264 e. The highest BCUT2D eigenvalue weighted by Gasteiger charge is 2.28. The van der Waals surface area contributed by atoms with E-state index in [1.54, 1.807) is 66.1 Å². The van der Waals surface area contributed by atoms with E-state index in [9.17, 15) is 17.6 Å². The van der Waals surface area contributed by atoms with Crippen molar-refractivity contribution >= 4 is 39.4 Å². The van der Waals surface area contributed by atoms with Gasteiger partial charge in [0.25, 0.3) is 15.9 Å². The van der Waals surface area contributed by atoms with Gasteiger partial charge in [0.05, 0.1) is 22.5 Å². The molecule has 0 atom stereocenters. The molecule has 1 amide bonds. The van der Waals surface area contributed by atoms with Crippen molar-refractivity contribution in [2.75, 3.05) is 10.8 Å². The third-order valence-corrected chi connectivity index (χ3v) is 8.01. The standard InChI is InChI=1S/C28H26ClFN4O3S/c1-19-15-23(29)13-14-26(19)33(38(36,37)24-9-5-4-6-10-24)18-28(35)32-31-17-22-16-20(2)34(21(22)3)27-12-8-7-11-25(27)30/h4-17H,18H2,1-3H3,(H,32,35)/b31-17-. The van der Waals surface area contributed by atoms with Crippen LogP contribution in [-0.4, -0.2) is 31.7 Å². The lowest BCUT2D eigenvalue weighted by Crippen LogP contribution is -2.40. The quantitative estimate of drug-likeness (QED) is 0.230. The maximum absolute atomic E-state index is 14.4. The highest BCUT2D eigenvalue weighted by atomic mass is 35.5. The molecule has 1 N–H and O–H groups in total. The molecule has 0 spiro atoms. The minimum absolute atomic E-state index is 0.0474. The first kappa shape index (κ1) is 27.1. The Morgan fingerprint density at radius 1 is 1.03 bits per heavy atom. The Kier molecular flexibility index (Phi) is 7.99. The lowest BCUT2D eigenvalue weighted by molar-refractivity contribution is -0.119. The van der Waals surface area contributed by atoms with Crippen molar-refractivity contribution < 1.29 is 17.6 Å². The predicted octanol–water partition coefficient (Wildman–Crippen LogP) is 5.54. The zero-order chi connectivity index (χ0) is 27.4. The van der Waals surface area contributed by atoms with Crippen LogP contribution in [0, 0.1) is 26.6 Å². The normalized spacial score (nSPS) is 11.6. The van der Waals surface area contributed by atoms with Gasteiger partial charge >= 0.3 is 0 Å². The molecule has 0 fully saturated rings. The van der Waals surface area contributed by atoms with Crippen LogP contribution in [0.25, 0.3) is 5.69 Å². The second-order valence-corrected chi connectivity index (χ2v) is 11.0. The molecule has 0 radical (unpaired) electrons. The Morgan fingerprint density at radius 2 is 1.71 bits per heavy atom. The molecule has 7 nitrogen and oxygen atoms in total. The molecule has 1 aromatic heterocycles. The molecule has 0 bridgehead atoms. The number of carbonyl (C=O) groups is 1.